The molecule has 1 atom stereocenters. The zero-order valence-corrected chi connectivity index (χ0v) is 18.3. The van der Waals surface area contributed by atoms with Crippen LogP contribution >= 0.6 is 12.2 Å². The van der Waals surface area contributed by atoms with Crippen molar-refractivity contribution >= 4 is 28.7 Å². The van der Waals surface area contributed by atoms with Gasteiger partial charge in [0.15, 0.2) is 5.11 Å². The highest BCUT2D eigenvalue weighted by Gasteiger charge is 2.34. The minimum atomic E-state index is 0.135. The fraction of sp³-hybridized carbons (Fsp3) is 0.231. The molecule has 5 rings (SSSR count). The third-order valence-electron chi connectivity index (χ3n) is 6.07. The predicted molar refractivity (Wildman–Crippen MR) is 131 cm³/mol. The predicted octanol–water partition coefficient (Wildman–Crippen LogP) is 4.94. The highest BCUT2D eigenvalue weighted by atomic mass is 32.1. The summed E-state index contributed by atoms with van der Waals surface area (Å²) in [5, 5.41) is 7.92. The number of rotatable bonds is 3. The Hall–Kier alpha value is -3.18. The van der Waals surface area contributed by atoms with Crippen LogP contribution in [0.1, 0.15) is 23.6 Å². The molecule has 0 saturated carbocycles. The van der Waals surface area contributed by atoms with E-state index in [2.05, 4.69) is 99.7 Å². The highest BCUT2D eigenvalue weighted by molar-refractivity contribution is 7.80. The molecule has 1 saturated heterocycles. The first kappa shape index (κ1) is 19.8. The van der Waals surface area contributed by atoms with Crippen LogP contribution in [-0.2, 0) is 0 Å². The number of nitrogens with zero attached hydrogens (tertiary/aromatic N) is 4. The van der Waals surface area contributed by atoms with Crippen LogP contribution < -0.4 is 4.90 Å². The van der Waals surface area contributed by atoms with E-state index in [-0.39, 0.29) is 6.04 Å². The van der Waals surface area contributed by atoms with E-state index in [1.54, 1.807) is 0 Å². The van der Waals surface area contributed by atoms with E-state index in [0.717, 1.165) is 43.4 Å². The van der Waals surface area contributed by atoms with Gasteiger partial charge in [-0.1, -0.05) is 78.9 Å². The Balaban J connectivity index is 1.35. The lowest BCUT2D eigenvalue weighted by Crippen LogP contribution is -2.51. The topological polar surface area (TPSA) is 22.1 Å². The van der Waals surface area contributed by atoms with Crippen molar-refractivity contribution in [2.45, 2.75) is 12.5 Å². The molecule has 2 aliphatic heterocycles. The van der Waals surface area contributed by atoms with E-state index in [1.165, 1.54) is 16.8 Å². The molecule has 0 aliphatic carbocycles. The van der Waals surface area contributed by atoms with Crippen molar-refractivity contribution in [3.05, 3.63) is 102 Å². The van der Waals surface area contributed by atoms with Gasteiger partial charge in [-0.25, -0.2) is 5.01 Å². The Morgan fingerprint density at radius 1 is 0.742 bits per heavy atom. The van der Waals surface area contributed by atoms with Gasteiger partial charge in [0.05, 0.1) is 11.8 Å². The number of hydrogen-bond acceptors (Lipinski definition) is 3. The Kier molecular flexibility index (Phi) is 5.67. The average molecular weight is 427 g/mol. The SMILES string of the molecule is S=C(N1CCN(c2ccccc2)CC1)N1N=C(c2ccccc2)CC1c1ccccc1. The number of anilines is 1. The van der Waals surface area contributed by atoms with Gasteiger partial charge in [0, 0.05) is 38.3 Å². The highest BCUT2D eigenvalue weighted by Crippen LogP contribution is 2.34. The average Bonchev–Trinajstić information content (AvgIpc) is 3.31. The van der Waals surface area contributed by atoms with Gasteiger partial charge in [-0.2, -0.15) is 5.10 Å². The zero-order valence-electron chi connectivity index (χ0n) is 17.5. The molecule has 1 fully saturated rings. The number of thiocarbonyl (C=S) groups is 1. The minimum absolute atomic E-state index is 0.135. The lowest BCUT2D eigenvalue weighted by Gasteiger charge is -2.39. The van der Waals surface area contributed by atoms with Crippen LogP contribution in [0.15, 0.2) is 96.1 Å². The van der Waals surface area contributed by atoms with E-state index in [4.69, 9.17) is 17.3 Å². The molecule has 0 aromatic heterocycles. The molecular formula is C26H26N4S. The summed E-state index contributed by atoms with van der Waals surface area (Å²) >= 11 is 6.00. The quantitative estimate of drug-likeness (QED) is 0.553. The lowest BCUT2D eigenvalue weighted by atomic mass is 9.99. The standard InChI is InChI=1S/C26H26N4S/c31-26(29-18-16-28(17-19-29)23-14-8-3-9-15-23)30-25(22-12-6-2-7-13-22)20-24(27-30)21-10-4-1-5-11-21/h1-15,25H,16-20H2. The van der Waals surface area contributed by atoms with Crippen molar-refractivity contribution < 1.29 is 0 Å². The smallest absolute Gasteiger partial charge is 0.193 e. The third-order valence-corrected chi connectivity index (χ3v) is 6.51. The Morgan fingerprint density at radius 2 is 1.32 bits per heavy atom. The van der Waals surface area contributed by atoms with Crippen LogP contribution in [0.5, 0.6) is 0 Å². The van der Waals surface area contributed by atoms with Gasteiger partial charge in [0.1, 0.15) is 0 Å². The Labute approximate surface area is 189 Å². The van der Waals surface area contributed by atoms with E-state index in [0.29, 0.717) is 0 Å². The maximum atomic E-state index is 6.00. The van der Waals surface area contributed by atoms with E-state index in [1.807, 2.05) is 6.07 Å². The summed E-state index contributed by atoms with van der Waals surface area (Å²) in [6.07, 6.45) is 0.859. The van der Waals surface area contributed by atoms with Crippen molar-refractivity contribution in [3.8, 4) is 0 Å². The molecule has 0 radical (unpaired) electrons. The van der Waals surface area contributed by atoms with Gasteiger partial charge in [-0.3, -0.25) is 0 Å². The zero-order chi connectivity index (χ0) is 21.0. The number of piperazine rings is 1. The van der Waals surface area contributed by atoms with Crippen molar-refractivity contribution in [2.24, 2.45) is 5.10 Å². The minimum Gasteiger partial charge on any atom is -0.368 e. The first-order valence-electron chi connectivity index (χ1n) is 10.9. The molecule has 5 heteroatoms. The molecule has 2 heterocycles. The van der Waals surface area contributed by atoms with Gasteiger partial charge >= 0.3 is 0 Å². The van der Waals surface area contributed by atoms with Crippen LogP contribution in [0, 0.1) is 0 Å². The molecule has 0 bridgehead atoms. The largest absolute Gasteiger partial charge is 0.368 e. The van der Waals surface area contributed by atoms with E-state index >= 15 is 0 Å². The van der Waals surface area contributed by atoms with Crippen LogP contribution in [0.25, 0.3) is 0 Å². The molecule has 3 aromatic rings. The number of hydrazone groups is 1. The summed E-state index contributed by atoms with van der Waals surface area (Å²) in [5.41, 5.74) is 4.80. The number of hydrogen-bond donors (Lipinski definition) is 0. The van der Waals surface area contributed by atoms with Crippen LogP contribution in [-0.4, -0.2) is 46.9 Å². The Bertz CT molecular complexity index is 1040. The summed E-state index contributed by atoms with van der Waals surface area (Å²) in [7, 11) is 0. The van der Waals surface area contributed by atoms with E-state index in [9.17, 15) is 0 Å². The molecule has 156 valence electrons. The molecule has 2 aliphatic rings. The Morgan fingerprint density at radius 3 is 1.97 bits per heavy atom. The van der Waals surface area contributed by atoms with Gasteiger partial charge in [-0.05, 0) is 35.5 Å². The molecule has 0 N–H and O–H groups in total. The van der Waals surface area contributed by atoms with Crippen LogP contribution in [0.3, 0.4) is 0 Å². The van der Waals surface area contributed by atoms with Gasteiger partial charge in [0.25, 0.3) is 0 Å². The molecule has 3 aromatic carbocycles. The second-order valence-corrected chi connectivity index (χ2v) is 8.35. The van der Waals surface area contributed by atoms with E-state index < -0.39 is 0 Å². The first-order valence-corrected chi connectivity index (χ1v) is 11.3. The molecule has 0 amide bonds. The lowest BCUT2D eigenvalue weighted by molar-refractivity contribution is 0.289. The van der Waals surface area contributed by atoms with Crippen LogP contribution in [0.4, 0.5) is 5.69 Å². The maximum absolute atomic E-state index is 6.00. The maximum Gasteiger partial charge on any atom is 0.193 e. The molecule has 1 unspecified atom stereocenters. The molecular weight excluding hydrogens is 400 g/mol. The van der Waals surface area contributed by atoms with Crippen molar-refractivity contribution in [2.75, 3.05) is 31.1 Å². The fourth-order valence-corrected chi connectivity index (χ4v) is 4.72. The van der Waals surface area contributed by atoms with Gasteiger partial charge < -0.3 is 9.80 Å². The third kappa shape index (κ3) is 4.19. The summed E-state index contributed by atoms with van der Waals surface area (Å²) in [5.74, 6) is 0. The summed E-state index contributed by atoms with van der Waals surface area (Å²) in [6, 6.07) is 31.8. The second-order valence-electron chi connectivity index (χ2n) is 7.98. The summed E-state index contributed by atoms with van der Waals surface area (Å²) in [4.78, 5) is 4.73. The fourth-order valence-electron chi connectivity index (χ4n) is 4.37. The van der Waals surface area contributed by atoms with Gasteiger partial charge in [0.2, 0.25) is 0 Å². The second kappa shape index (κ2) is 8.90. The number of para-hydroxylation sites is 1. The van der Waals surface area contributed by atoms with Crippen molar-refractivity contribution in [1.29, 1.82) is 0 Å². The molecule has 31 heavy (non-hydrogen) atoms. The molecule has 0 spiro atoms. The normalized spacial score (nSPS) is 18.8. The summed E-state index contributed by atoms with van der Waals surface area (Å²) < 4.78 is 0. The van der Waals surface area contributed by atoms with Gasteiger partial charge in [-0.15, -0.1) is 0 Å². The van der Waals surface area contributed by atoms with Crippen molar-refractivity contribution in [1.82, 2.24) is 9.91 Å². The first-order chi connectivity index (χ1) is 15.3. The monoisotopic (exact) mass is 426 g/mol. The number of benzene rings is 3. The molecule has 4 nitrogen and oxygen atoms in total. The van der Waals surface area contributed by atoms with Crippen LogP contribution in [0.2, 0.25) is 0 Å². The summed E-state index contributed by atoms with van der Waals surface area (Å²) in [6.45, 7) is 3.73. The van der Waals surface area contributed by atoms with Crippen molar-refractivity contribution in [3.63, 3.8) is 0 Å².